The second kappa shape index (κ2) is 9.46. The summed E-state index contributed by atoms with van der Waals surface area (Å²) in [4.78, 5) is 25.8. The van der Waals surface area contributed by atoms with Crippen LogP contribution in [0.15, 0.2) is 24.3 Å². The summed E-state index contributed by atoms with van der Waals surface area (Å²) in [6.45, 7) is 7.69. The van der Waals surface area contributed by atoms with Gasteiger partial charge in [0.05, 0.1) is 6.42 Å². The molecule has 0 spiro atoms. The number of carboxylic acid groups (broad SMARTS) is 1. The van der Waals surface area contributed by atoms with Gasteiger partial charge in [-0.3, -0.25) is 9.59 Å². The smallest absolute Gasteiger partial charge is 0.304 e. The standard InChI is InChI=1S/C19H29NO3/c1-5-6-11-20(4)13-17(12-18(21)22)19(23)16-9-7-15(8-10-16)14(2)3/h7-10,14,17H,5-6,11-13H2,1-4H3,(H,21,22). The molecule has 4 nitrogen and oxygen atoms in total. The number of ketones is 1. The molecule has 0 fully saturated rings. The number of carbonyl (C=O) groups excluding carboxylic acids is 1. The second-order valence-corrected chi connectivity index (χ2v) is 6.55. The minimum Gasteiger partial charge on any atom is -0.481 e. The van der Waals surface area contributed by atoms with Gasteiger partial charge in [-0.25, -0.2) is 0 Å². The normalized spacial score (nSPS) is 12.6. The molecule has 0 aliphatic carbocycles. The fourth-order valence-electron chi connectivity index (χ4n) is 2.61. The number of rotatable bonds is 10. The predicted molar refractivity (Wildman–Crippen MR) is 93.0 cm³/mol. The van der Waals surface area contributed by atoms with Crippen molar-refractivity contribution in [3.05, 3.63) is 35.4 Å². The molecule has 0 bridgehead atoms. The molecular weight excluding hydrogens is 290 g/mol. The molecule has 128 valence electrons. The van der Waals surface area contributed by atoms with Gasteiger partial charge in [0, 0.05) is 18.0 Å². The Morgan fingerprint density at radius 3 is 2.26 bits per heavy atom. The summed E-state index contributed by atoms with van der Waals surface area (Å²) in [5, 5.41) is 9.11. The molecule has 0 radical (unpaired) electrons. The molecule has 0 aliphatic heterocycles. The molecule has 0 amide bonds. The van der Waals surface area contributed by atoms with Crippen LogP contribution in [-0.2, 0) is 4.79 Å². The van der Waals surface area contributed by atoms with Crippen LogP contribution in [-0.4, -0.2) is 41.9 Å². The topological polar surface area (TPSA) is 57.6 Å². The molecule has 0 aliphatic rings. The molecule has 1 unspecified atom stereocenters. The van der Waals surface area contributed by atoms with Crippen molar-refractivity contribution in [2.75, 3.05) is 20.1 Å². The van der Waals surface area contributed by atoms with Crippen LogP contribution in [0.25, 0.3) is 0 Å². The van der Waals surface area contributed by atoms with E-state index in [4.69, 9.17) is 5.11 Å². The number of unbranched alkanes of at least 4 members (excludes halogenated alkanes) is 1. The lowest BCUT2D eigenvalue weighted by atomic mass is 9.92. The molecule has 1 rings (SSSR count). The van der Waals surface area contributed by atoms with Crippen molar-refractivity contribution in [3.8, 4) is 0 Å². The number of hydrogen-bond donors (Lipinski definition) is 1. The highest BCUT2D eigenvalue weighted by molar-refractivity contribution is 5.99. The molecule has 0 aromatic heterocycles. The number of carbonyl (C=O) groups is 2. The summed E-state index contributed by atoms with van der Waals surface area (Å²) in [7, 11) is 1.94. The first kappa shape index (κ1) is 19.4. The van der Waals surface area contributed by atoms with E-state index in [0.717, 1.165) is 19.4 Å². The molecule has 0 saturated heterocycles. The maximum atomic E-state index is 12.7. The number of nitrogens with zero attached hydrogens (tertiary/aromatic N) is 1. The Balaban J connectivity index is 2.83. The van der Waals surface area contributed by atoms with E-state index in [-0.39, 0.29) is 12.2 Å². The van der Waals surface area contributed by atoms with Gasteiger partial charge >= 0.3 is 5.97 Å². The van der Waals surface area contributed by atoms with E-state index < -0.39 is 11.9 Å². The quantitative estimate of drug-likeness (QED) is 0.666. The largest absolute Gasteiger partial charge is 0.481 e. The fraction of sp³-hybridized carbons (Fsp3) is 0.579. The molecule has 1 atom stereocenters. The zero-order valence-electron chi connectivity index (χ0n) is 14.7. The Labute approximate surface area is 139 Å². The van der Waals surface area contributed by atoms with Gasteiger partial charge in [-0.05, 0) is 31.5 Å². The van der Waals surface area contributed by atoms with Gasteiger partial charge in [0.1, 0.15) is 0 Å². The Morgan fingerprint density at radius 2 is 1.78 bits per heavy atom. The highest BCUT2D eigenvalue weighted by atomic mass is 16.4. The lowest BCUT2D eigenvalue weighted by Gasteiger charge is -2.22. The number of carboxylic acids is 1. The highest BCUT2D eigenvalue weighted by Gasteiger charge is 2.24. The zero-order valence-corrected chi connectivity index (χ0v) is 14.7. The predicted octanol–water partition coefficient (Wildman–Crippen LogP) is 3.82. The molecule has 1 aromatic rings. The Hall–Kier alpha value is -1.68. The van der Waals surface area contributed by atoms with Crippen LogP contribution in [0.4, 0.5) is 0 Å². The van der Waals surface area contributed by atoms with Gasteiger partial charge < -0.3 is 10.0 Å². The minimum absolute atomic E-state index is 0.0777. The van der Waals surface area contributed by atoms with Crippen LogP contribution >= 0.6 is 0 Å². The van der Waals surface area contributed by atoms with E-state index in [0.29, 0.717) is 18.0 Å². The van der Waals surface area contributed by atoms with E-state index in [9.17, 15) is 9.59 Å². The van der Waals surface area contributed by atoms with Crippen molar-refractivity contribution in [2.45, 2.75) is 46.0 Å². The minimum atomic E-state index is -0.925. The third-order valence-corrected chi connectivity index (χ3v) is 4.08. The summed E-state index contributed by atoms with van der Waals surface area (Å²) in [5.41, 5.74) is 1.78. The van der Waals surface area contributed by atoms with E-state index >= 15 is 0 Å². The second-order valence-electron chi connectivity index (χ2n) is 6.55. The third kappa shape index (κ3) is 6.53. The van der Waals surface area contributed by atoms with Gasteiger partial charge in [0.2, 0.25) is 0 Å². The molecule has 1 N–H and O–H groups in total. The van der Waals surface area contributed by atoms with Gasteiger partial charge in [0.15, 0.2) is 5.78 Å². The Kier molecular flexibility index (Phi) is 7.96. The maximum absolute atomic E-state index is 12.7. The Morgan fingerprint density at radius 1 is 1.17 bits per heavy atom. The zero-order chi connectivity index (χ0) is 17.4. The van der Waals surface area contributed by atoms with Gasteiger partial charge in [-0.1, -0.05) is 51.5 Å². The van der Waals surface area contributed by atoms with E-state index in [1.54, 1.807) is 0 Å². The maximum Gasteiger partial charge on any atom is 0.304 e. The Bertz CT molecular complexity index is 508. The molecule has 0 saturated carbocycles. The molecule has 0 heterocycles. The SMILES string of the molecule is CCCCN(C)CC(CC(=O)O)C(=O)c1ccc(C(C)C)cc1. The van der Waals surface area contributed by atoms with Crippen molar-refractivity contribution >= 4 is 11.8 Å². The van der Waals surface area contributed by atoms with Crippen molar-refractivity contribution in [1.82, 2.24) is 4.90 Å². The molecule has 23 heavy (non-hydrogen) atoms. The average Bonchev–Trinajstić information content (AvgIpc) is 2.51. The van der Waals surface area contributed by atoms with Gasteiger partial charge in [-0.15, -0.1) is 0 Å². The van der Waals surface area contributed by atoms with Crippen LogP contribution < -0.4 is 0 Å². The van der Waals surface area contributed by atoms with Crippen molar-refractivity contribution in [3.63, 3.8) is 0 Å². The summed E-state index contributed by atoms with van der Waals surface area (Å²) < 4.78 is 0. The van der Waals surface area contributed by atoms with E-state index in [1.165, 1.54) is 5.56 Å². The van der Waals surface area contributed by atoms with Crippen LogP contribution in [0.3, 0.4) is 0 Å². The van der Waals surface area contributed by atoms with Crippen molar-refractivity contribution in [1.29, 1.82) is 0 Å². The van der Waals surface area contributed by atoms with E-state index in [1.807, 2.05) is 31.3 Å². The van der Waals surface area contributed by atoms with Crippen LogP contribution in [0, 0.1) is 5.92 Å². The van der Waals surface area contributed by atoms with Crippen LogP contribution in [0.1, 0.15) is 61.9 Å². The lowest BCUT2D eigenvalue weighted by Crippen LogP contribution is -2.32. The monoisotopic (exact) mass is 319 g/mol. The molecule has 4 heteroatoms. The number of aliphatic carboxylic acids is 1. The number of Topliss-reactive ketones (excluding diaryl/α,β-unsaturated/α-hetero) is 1. The third-order valence-electron chi connectivity index (χ3n) is 4.08. The first-order valence-corrected chi connectivity index (χ1v) is 8.39. The van der Waals surface area contributed by atoms with Gasteiger partial charge in [0.25, 0.3) is 0 Å². The number of benzene rings is 1. The van der Waals surface area contributed by atoms with Crippen molar-refractivity contribution in [2.24, 2.45) is 5.92 Å². The van der Waals surface area contributed by atoms with Crippen molar-refractivity contribution < 1.29 is 14.7 Å². The van der Waals surface area contributed by atoms with Crippen LogP contribution in [0.2, 0.25) is 0 Å². The summed E-state index contributed by atoms with van der Waals surface area (Å²) >= 11 is 0. The number of hydrogen-bond acceptors (Lipinski definition) is 3. The summed E-state index contributed by atoms with van der Waals surface area (Å²) in [6, 6.07) is 7.55. The van der Waals surface area contributed by atoms with E-state index in [2.05, 4.69) is 25.7 Å². The first-order chi connectivity index (χ1) is 10.8. The lowest BCUT2D eigenvalue weighted by molar-refractivity contribution is -0.137. The molecule has 1 aromatic carbocycles. The fourth-order valence-corrected chi connectivity index (χ4v) is 2.61. The average molecular weight is 319 g/mol. The summed E-state index contributed by atoms with van der Waals surface area (Å²) in [6.07, 6.45) is 2.01. The van der Waals surface area contributed by atoms with Gasteiger partial charge in [-0.2, -0.15) is 0 Å². The van der Waals surface area contributed by atoms with Crippen LogP contribution in [0.5, 0.6) is 0 Å². The molecular formula is C19H29NO3. The summed E-state index contributed by atoms with van der Waals surface area (Å²) in [5.74, 6) is -1.09. The first-order valence-electron chi connectivity index (χ1n) is 8.39. The highest BCUT2D eigenvalue weighted by Crippen LogP contribution is 2.19.